The van der Waals surface area contributed by atoms with Crippen LogP contribution in [0.25, 0.3) is 0 Å². The summed E-state index contributed by atoms with van der Waals surface area (Å²) >= 11 is 0. The molecule has 1 amide bonds. The molecule has 0 aromatic carbocycles. The fraction of sp³-hybridized carbons (Fsp3) is 0.842. The molecule has 0 aromatic heterocycles. The number of nitrogens with zero attached hydrogens (tertiary/aromatic N) is 2. The maximum absolute atomic E-state index is 12.5. The van der Waals surface area contributed by atoms with E-state index in [2.05, 4.69) is 25.9 Å². The summed E-state index contributed by atoms with van der Waals surface area (Å²) in [5, 5.41) is 5.40. The van der Waals surface area contributed by atoms with Gasteiger partial charge in [-0.1, -0.05) is 20.8 Å². The Balaban J connectivity index is 1.60. The van der Waals surface area contributed by atoms with E-state index < -0.39 is 21.8 Å². The summed E-state index contributed by atoms with van der Waals surface area (Å²) in [5.41, 5.74) is 0.502. The molecule has 1 unspecified atom stereocenters. The molecule has 1 aliphatic carbocycles. The number of carbonyl (C=O) groups excluding carboxylic acids is 2. The van der Waals surface area contributed by atoms with Crippen molar-refractivity contribution in [2.75, 3.05) is 11.5 Å². The second-order valence-corrected chi connectivity index (χ2v) is 11.3. The highest BCUT2D eigenvalue weighted by Crippen LogP contribution is 2.38. The van der Waals surface area contributed by atoms with Gasteiger partial charge in [-0.3, -0.25) is 4.79 Å². The number of rotatable bonds is 3. The van der Waals surface area contributed by atoms with Crippen LogP contribution >= 0.6 is 0 Å². The molecule has 2 aliphatic heterocycles. The smallest absolute Gasteiger partial charge is 0.354 e. The van der Waals surface area contributed by atoms with Gasteiger partial charge in [-0.05, 0) is 43.4 Å². The number of hydrogen-bond acceptors (Lipinski definition) is 6. The van der Waals surface area contributed by atoms with Crippen molar-refractivity contribution in [1.29, 1.82) is 0 Å². The van der Waals surface area contributed by atoms with Crippen LogP contribution < -0.4 is 0 Å². The number of hydrogen-bond donors (Lipinski definition) is 0. The van der Waals surface area contributed by atoms with Gasteiger partial charge >= 0.3 is 5.97 Å². The lowest BCUT2D eigenvalue weighted by molar-refractivity contribution is -0.143. The molecule has 7 nitrogen and oxygen atoms in total. The molecule has 3 aliphatic rings. The van der Waals surface area contributed by atoms with Crippen LogP contribution in [-0.2, 0) is 24.2 Å². The average molecular weight is 399 g/mol. The lowest BCUT2D eigenvalue weighted by Crippen LogP contribution is -2.42. The Labute approximate surface area is 161 Å². The lowest BCUT2D eigenvalue weighted by atomic mass is 9.72. The van der Waals surface area contributed by atoms with E-state index in [0.29, 0.717) is 12.3 Å². The van der Waals surface area contributed by atoms with Gasteiger partial charge in [0.15, 0.2) is 9.84 Å². The van der Waals surface area contributed by atoms with Crippen LogP contribution in [0.2, 0.25) is 0 Å². The van der Waals surface area contributed by atoms with Gasteiger partial charge in [0, 0.05) is 12.8 Å². The summed E-state index contributed by atoms with van der Waals surface area (Å²) in [6.45, 7) is 6.74. The Morgan fingerprint density at radius 1 is 1.11 bits per heavy atom. The molecule has 0 N–H and O–H groups in total. The van der Waals surface area contributed by atoms with Crippen molar-refractivity contribution in [2.24, 2.45) is 16.4 Å². The van der Waals surface area contributed by atoms with Gasteiger partial charge in [-0.25, -0.2) is 18.2 Å². The van der Waals surface area contributed by atoms with Crippen molar-refractivity contribution in [3.8, 4) is 0 Å². The van der Waals surface area contributed by atoms with Crippen molar-refractivity contribution < 1.29 is 22.7 Å². The second kappa shape index (κ2) is 7.53. The van der Waals surface area contributed by atoms with E-state index in [0.717, 1.165) is 25.7 Å². The van der Waals surface area contributed by atoms with E-state index in [1.165, 1.54) is 5.01 Å². The first-order valence-electron chi connectivity index (χ1n) is 9.86. The maximum atomic E-state index is 12.5. The van der Waals surface area contributed by atoms with Crippen LogP contribution in [0.4, 0.5) is 0 Å². The summed E-state index contributed by atoms with van der Waals surface area (Å²) in [6.07, 6.45) is 4.48. The van der Waals surface area contributed by atoms with Crippen molar-refractivity contribution in [2.45, 2.75) is 77.9 Å². The van der Waals surface area contributed by atoms with Crippen molar-refractivity contribution in [3.05, 3.63) is 0 Å². The summed E-state index contributed by atoms with van der Waals surface area (Å²) in [7, 11) is -3.13. The van der Waals surface area contributed by atoms with E-state index >= 15 is 0 Å². The second-order valence-electron chi connectivity index (χ2n) is 9.09. The summed E-state index contributed by atoms with van der Waals surface area (Å²) in [4.78, 5) is 24.7. The van der Waals surface area contributed by atoms with Gasteiger partial charge in [0.25, 0.3) is 0 Å². The molecule has 0 radical (unpaired) electrons. The first-order valence-corrected chi connectivity index (χ1v) is 11.7. The van der Waals surface area contributed by atoms with E-state index in [1.807, 2.05) is 0 Å². The van der Waals surface area contributed by atoms with Crippen LogP contribution in [0.5, 0.6) is 0 Å². The Morgan fingerprint density at radius 3 is 2.33 bits per heavy atom. The molecule has 0 spiro atoms. The van der Waals surface area contributed by atoms with Crippen molar-refractivity contribution >= 4 is 27.4 Å². The third kappa shape index (κ3) is 4.89. The minimum absolute atomic E-state index is 0.0633. The predicted molar refractivity (Wildman–Crippen MR) is 102 cm³/mol. The Bertz CT molecular complexity index is 730. The molecule has 8 heteroatoms. The third-order valence-corrected chi connectivity index (χ3v) is 7.77. The highest BCUT2D eigenvalue weighted by atomic mass is 32.2. The number of carbonyl (C=O) groups is 2. The summed E-state index contributed by atoms with van der Waals surface area (Å²) < 4.78 is 29.0. The van der Waals surface area contributed by atoms with Crippen LogP contribution in [0.15, 0.2) is 5.10 Å². The minimum atomic E-state index is -3.13. The Morgan fingerprint density at radius 2 is 1.78 bits per heavy atom. The molecule has 1 atom stereocenters. The molecule has 2 heterocycles. The monoisotopic (exact) mass is 398 g/mol. The number of sulfone groups is 1. The first-order chi connectivity index (χ1) is 12.5. The standard InChI is InChI=1S/C19H30N2O5S/c1-19(2,3)13-4-6-15(7-5-13)26-18(23)16-8-9-17(22)21(20-16)14-10-11-27(24,25)12-14/h13-15H,4-12H2,1-3H3. The zero-order valence-electron chi connectivity index (χ0n) is 16.4. The zero-order valence-corrected chi connectivity index (χ0v) is 17.3. The van der Waals surface area contributed by atoms with E-state index in [-0.39, 0.29) is 47.5 Å². The molecule has 27 heavy (non-hydrogen) atoms. The van der Waals surface area contributed by atoms with Crippen LogP contribution in [0.3, 0.4) is 0 Å². The number of esters is 1. The Hall–Kier alpha value is -1.44. The van der Waals surface area contributed by atoms with Crippen molar-refractivity contribution in [1.82, 2.24) is 5.01 Å². The molecule has 0 aromatic rings. The van der Waals surface area contributed by atoms with Gasteiger partial charge in [0.2, 0.25) is 5.91 Å². The normalized spacial score (nSPS) is 31.5. The van der Waals surface area contributed by atoms with Crippen LogP contribution in [0, 0.1) is 11.3 Å². The van der Waals surface area contributed by atoms with Crippen LogP contribution in [0.1, 0.15) is 65.7 Å². The molecule has 2 fully saturated rings. The highest BCUT2D eigenvalue weighted by Gasteiger charge is 2.38. The quantitative estimate of drug-likeness (QED) is 0.680. The van der Waals surface area contributed by atoms with Gasteiger partial charge < -0.3 is 4.74 Å². The SMILES string of the molecule is CC(C)(C)C1CCC(OC(=O)C2=NN(C3CCS(=O)(=O)C3)C(=O)CC2)CC1. The van der Waals surface area contributed by atoms with Crippen molar-refractivity contribution in [3.63, 3.8) is 0 Å². The van der Waals surface area contributed by atoms with E-state index in [4.69, 9.17) is 4.74 Å². The largest absolute Gasteiger partial charge is 0.458 e. The fourth-order valence-corrected chi connectivity index (χ4v) is 5.93. The van der Waals surface area contributed by atoms with Gasteiger partial charge in [0.1, 0.15) is 11.8 Å². The molecular weight excluding hydrogens is 368 g/mol. The van der Waals surface area contributed by atoms with E-state index in [9.17, 15) is 18.0 Å². The summed E-state index contributed by atoms with van der Waals surface area (Å²) in [6, 6.07) is -0.465. The summed E-state index contributed by atoms with van der Waals surface area (Å²) in [5.74, 6) is -0.0707. The topological polar surface area (TPSA) is 93.1 Å². The van der Waals surface area contributed by atoms with Gasteiger partial charge in [0.05, 0.1) is 17.5 Å². The molecular formula is C19H30N2O5S. The number of hydrazone groups is 1. The maximum Gasteiger partial charge on any atom is 0.354 e. The average Bonchev–Trinajstić information content (AvgIpc) is 2.94. The molecule has 1 saturated heterocycles. The minimum Gasteiger partial charge on any atom is -0.458 e. The molecule has 1 saturated carbocycles. The van der Waals surface area contributed by atoms with Crippen LogP contribution in [-0.4, -0.2) is 54.7 Å². The molecule has 0 bridgehead atoms. The highest BCUT2D eigenvalue weighted by molar-refractivity contribution is 7.91. The fourth-order valence-electron chi connectivity index (χ4n) is 4.24. The molecule has 3 rings (SSSR count). The van der Waals surface area contributed by atoms with Gasteiger partial charge in [-0.2, -0.15) is 5.10 Å². The lowest BCUT2D eigenvalue weighted by Gasteiger charge is -2.36. The van der Waals surface area contributed by atoms with E-state index in [1.54, 1.807) is 0 Å². The predicted octanol–water partition coefficient (Wildman–Crippen LogP) is 2.30. The first kappa shape index (κ1) is 20.3. The zero-order chi connectivity index (χ0) is 19.8. The Kier molecular flexibility index (Phi) is 5.66. The number of amides is 1. The van der Waals surface area contributed by atoms with Gasteiger partial charge in [-0.15, -0.1) is 0 Å². The molecule has 152 valence electrons. The number of ether oxygens (including phenoxy) is 1. The third-order valence-electron chi connectivity index (χ3n) is 6.02.